The number of hydrogen-bond donors (Lipinski definition) is 0. The second-order valence-corrected chi connectivity index (χ2v) is 3.22. The molecule has 19 heavy (non-hydrogen) atoms. The summed E-state index contributed by atoms with van der Waals surface area (Å²) in [5, 5.41) is 14.0. The molecule has 0 atom stereocenters. The molecule has 0 saturated heterocycles. The first-order valence-electron chi connectivity index (χ1n) is 4.53. The Labute approximate surface area is 116 Å². The van der Waals surface area contributed by atoms with E-state index in [9.17, 15) is 23.1 Å². The molecule has 0 aliphatic rings. The number of hydrogen-bond acceptors (Lipinski definition) is 5. The minimum absolute atomic E-state index is 0. The van der Waals surface area contributed by atoms with E-state index in [1.807, 2.05) is 0 Å². The number of nitrogens with zero attached hydrogens (tertiary/aromatic N) is 4. The predicted molar refractivity (Wildman–Crippen MR) is 48.5 cm³/mol. The third kappa shape index (κ3) is 3.33. The van der Waals surface area contributed by atoms with Gasteiger partial charge in [0.1, 0.15) is 6.33 Å². The zero-order valence-electron chi connectivity index (χ0n) is 9.55. The van der Waals surface area contributed by atoms with Crippen LogP contribution in [-0.4, -0.2) is 25.7 Å². The van der Waals surface area contributed by atoms with Crippen LogP contribution in [0.25, 0.3) is 5.82 Å². The van der Waals surface area contributed by atoms with Gasteiger partial charge in [-0.2, -0.15) is 18.3 Å². The first-order valence-corrected chi connectivity index (χ1v) is 4.53. The Balaban J connectivity index is 0.00000180. The van der Waals surface area contributed by atoms with E-state index in [4.69, 9.17) is 0 Å². The van der Waals surface area contributed by atoms with Crippen LogP contribution in [0, 0.1) is 0 Å². The normalized spacial score (nSPS) is 10.9. The molecule has 0 unspecified atom stereocenters. The summed E-state index contributed by atoms with van der Waals surface area (Å²) >= 11 is 0. The van der Waals surface area contributed by atoms with Crippen LogP contribution in [0.15, 0.2) is 24.8 Å². The number of rotatable bonds is 2. The van der Waals surface area contributed by atoms with Crippen LogP contribution in [0.5, 0.6) is 0 Å². The smallest absolute Gasteiger partial charge is 0.543 e. The van der Waals surface area contributed by atoms with E-state index in [1.54, 1.807) is 0 Å². The molecule has 2 aromatic rings. The van der Waals surface area contributed by atoms with Crippen molar-refractivity contribution in [3.05, 3.63) is 36.0 Å². The molecule has 0 saturated carbocycles. The molecular formula is C9H4F3LiN4O2. The summed E-state index contributed by atoms with van der Waals surface area (Å²) in [6.45, 7) is 0. The van der Waals surface area contributed by atoms with Gasteiger partial charge < -0.3 is 9.90 Å². The van der Waals surface area contributed by atoms with Gasteiger partial charge in [-0.3, -0.25) is 0 Å². The number of aromatic nitrogens is 4. The SMILES string of the molecule is O=C([O-])c1cc(-n2cc(C(F)(F)F)cn2)ncn1.[Li+]. The van der Waals surface area contributed by atoms with Gasteiger partial charge in [-0.15, -0.1) is 0 Å². The van der Waals surface area contributed by atoms with Crippen molar-refractivity contribution in [3.8, 4) is 5.82 Å². The van der Waals surface area contributed by atoms with Crippen molar-refractivity contribution in [2.24, 2.45) is 0 Å². The maximum absolute atomic E-state index is 12.3. The molecule has 0 bridgehead atoms. The van der Waals surface area contributed by atoms with Gasteiger partial charge in [-0.05, 0) is 0 Å². The van der Waals surface area contributed by atoms with E-state index in [2.05, 4.69) is 15.1 Å². The van der Waals surface area contributed by atoms with Crippen LogP contribution in [-0.2, 0) is 6.18 Å². The molecule has 0 aliphatic heterocycles. The van der Waals surface area contributed by atoms with Crippen LogP contribution in [0.1, 0.15) is 16.1 Å². The molecule has 0 aliphatic carbocycles. The van der Waals surface area contributed by atoms with Crippen molar-refractivity contribution in [2.75, 3.05) is 0 Å². The van der Waals surface area contributed by atoms with Crippen molar-refractivity contribution in [1.82, 2.24) is 19.7 Å². The van der Waals surface area contributed by atoms with E-state index < -0.39 is 23.4 Å². The second kappa shape index (κ2) is 5.42. The van der Waals surface area contributed by atoms with Crippen molar-refractivity contribution in [1.29, 1.82) is 0 Å². The van der Waals surface area contributed by atoms with E-state index in [-0.39, 0.29) is 24.7 Å². The number of carbonyl (C=O) groups excluding carboxylic acids is 1. The van der Waals surface area contributed by atoms with Crippen LogP contribution < -0.4 is 24.0 Å². The van der Waals surface area contributed by atoms with E-state index in [1.165, 1.54) is 0 Å². The molecule has 0 N–H and O–H groups in total. The largest absolute Gasteiger partial charge is 1.00 e. The molecule has 0 amide bonds. The Bertz CT molecular complexity index is 599. The summed E-state index contributed by atoms with van der Waals surface area (Å²) in [6.07, 6.45) is -2.32. The topological polar surface area (TPSA) is 83.7 Å². The van der Waals surface area contributed by atoms with Gasteiger partial charge in [-0.1, -0.05) is 0 Å². The third-order valence-electron chi connectivity index (χ3n) is 2.01. The van der Waals surface area contributed by atoms with Gasteiger partial charge in [0.15, 0.2) is 5.82 Å². The fourth-order valence-corrected chi connectivity index (χ4v) is 1.18. The maximum Gasteiger partial charge on any atom is 1.00 e. The van der Waals surface area contributed by atoms with E-state index >= 15 is 0 Å². The Morgan fingerprint density at radius 1 is 1.32 bits per heavy atom. The minimum atomic E-state index is -4.53. The molecule has 6 nitrogen and oxygen atoms in total. The molecule has 2 rings (SSSR count). The minimum Gasteiger partial charge on any atom is -0.543 e. The standard InChI is InChI=1S/C9H5F3N4O2.Li/c10-9(11,12)5-2-15-16(3-5)7-1-6(8(17)18)13-4-14-7;/h1-4H,(H,17,18);/q;+1/p-1. The second-order valence-electron chi connectivity index (χ2n) is 3.22. The fourth-order valence-electron chi connectivity index (χ4n) is 1.18. The average Bonchev–Trinajstić information content (AvgIpc) is 2.78. The summed E-state index contributed by atoms with van der Waals surface area (Å²) in [6, 6.07) is 0.961. The maximum atomic E-state index is 12.3. The summed E-state index contributed by atoms with van der Waals surface area (Å²) in [5.74, 6) is -1.65. The first kappa shape index (κ1) is 15.2. The molecule has 2 heterocycles. The van der Waals surface area contributed by atoms with E-state index in [0.717, 1.165) is 17.1 Å². The zero-order chi connectivity index (χ0) is 13.3. The number of carbonyl (C=O) groups is 1. The number of carboxylic acid groups (broad SMARTS) is 1. The Morgan fingerprint density at radius 2 is 2.00 bits per heavy atom. The van der Waals surface area contributed by atoms with Gasteiger partial charge in [0.2, 0.25) is 0 Å². The van der Waals surface area contributed by atoms with Crippen molar-refractivity contribution in [3.63, 3.8) is 0 Å². The van der Waals surface area contributed by atoms with Gasteiger partial charge >= 0.3 is 25.0 Å². The molecule has 0 spiro atoms. The van der Waals surface area contributed by atoms with E-state index in [0.29, 0.717) is 12.4 Å². The quantitative estimate of drug-likeness (QED) is 0.541. The van der Waals surface area contributed by atoms with Gasteiger partial charge in [0.05, 0.1) is 23.4 Å². The number of carboxylic acids is 1. The summed E-state index contributed by atoms with van der Waals surface area (Å²) in [4.78, 5) is 17.5. The summed E-state index contributed by atoms with van der Waals surface area (Å²) in [7, 11) is 0. The molecular weight excluding hydrogens is 260 g/mol. The van der Waals surface area contributed by atoms with Crippen molar-refractivity contribution >= 4 is 5.97 Å². The van der Waals surface area contributed by atoms with Crippen LogP contribution >= 0.6 is 0 Å². The molecule has 2 aromatic heterocycles. The number of aromatic carboxylic acids is 1. The molecule has 10 heteroatoms. The van der Waals surface area contributed by atoms with Crippen LogP contribution in [0.3, 0.4) is 0 Å². The van der Waals surface area contributed by atoms with Crippen LogP contribution in [0.4, 0.5) is 13.2 Å². The Hall–Kier alpha value is -1.85. The Morgan fingerprint density at radius 3 is 2.53 bits per heavy atom. The Kier molecular flexibility index (Phi) is 4.34. The van der Waals surface area contributed by atoms with Crippen molar-refractivity contribution < 1.29 is 41.9 Å². The van der Waals surface area contributed by atoms with Crippen LogP contribution in [0.2, 0.25) is 0 Å². The molecule has 0 radical (unpaired) electrons. The third-order valence-corrected chi connectivity index (χ3v) is 2.01. The average molecular weight is 264 g/mol. The molecule has 94 valence electrons. The number of alkyl halides is 3. The zero-order valence-corrected chi connectivity index (χ0v) is 9.55. The molecule has 0 fully saturated rings. The summed E-state index contributed by atoms with van der Waals surface area (Å²) in [5.41, 5.74) is -1.40. The number of halogens is 3. The predicted octanol–water partition coefficient (Wildman–Crippen LogP) is -2.95. The van der Waals surface area contributed by atoms with Gasteiger partial charge in [0.25, 0.3) is 0 Å². The van der Waals surface area contributed by atoms with Gasteiger partial charge in [0, 0.05) is 12.3 Å². The monoisotopic (exact) mass is 264 g/mol. The van der Waals surface area contributed by atoms with Crippen molar-refractivity contribution in [2.45, 2.75) is 6.18 Å². The molecule has 0 aromatic carbocycles. The first-order chi connectivity index (χ1) is 8.38. The van der Waals surface area contributed by atoms with Gasteiger partial charge in [-0.25, -0.2) is 14.6 Å². The fraction of sp³-hybridized carbons (Fsp3) is 0.111. The summed E-state index contributed by atoms with van der Waals surface area (Å²) < 4.78 is 37.8.